The highest BCUT2D eigenvalue weighted by molar-refractivity contribution is 7.47. The molecule has 1 fully saturated rings. The van der Waals surface area contributed by atoms with Crippen LogP contribution in [0.2, 0.25) is 0 Å². The molecule has 0 aliphatic heterocycles. The largest absolute Gasteiger partial charge is 0.472 e. The summed E-state index contributed by atoms with van der Waals surface area (Å²) in [6, 6.07) is -1.16. The van der Waals surface area contributed by atoms with Gasteiger partial charge in [0, 0.05) is 0 Å². The summed E-state index contributed by atoms with van der Waals surface area (Å²) in [6.45, 7) is 3.74. The summed E-state index contributed by atoms with van der Waals surface area (Å²) < 4.78 is 22.8. The predicted molar refractivity (Wildman–Crippen MR) is 211 cm³/mol. The smallest absolute Gasteiger partial charge is 0.393 e. The van der Waals surface area contributed by atoms with Gasteiger partial charge in [0.05, 0.1) is 31.3 Å². The molecule has 0 spiro atoms. The van der Waals surface area contributed by atoms with Crippen molar-refractivity contribution < 1.29 is 59.0 Å². The van der Waals surface area contributed by atoms with Crippen molar-refractivity contribution in [3.63, 3.8) is 0 Å². The van der Waals surface area contributed by atoms with Crippen LogP contribution in [0.5, 0.6) is 0 Å². The Bertz CT molecular complexity index is 990. The Morgan fingerprint density at radius 1 is 0.630 bits per heavy atom. The number of hydrogen-bond acceptors (Lipinski definition) is 11. The van der Waals surface area contributed by atoms with Crippen molar-refractivity contribution in [3.05, 3.63) is 12.2 Å². The van der Waals surface area contributed by atoms with E-state index in [0.29, 0.717) is 19.3 Å². The molecule has 0 aromatic carbocycles. The zero-order valence-corrected chi connectivity index (χ0v) is 34.3. The molecular formula is C40H78NO12P. The SMILES string of the molecule is CCCCCCCC/C=C\CCCC(O)CC(=O)NC(COP(=O)(O)OC1C(O)C(O)C(O)C(O)C1O)C(O)CCCCCCCCCCCCCCC. The lowest BCUT2D eigenvalue weighted by atomic mass is 9.85. The van der Waals surface area contributed by atoms with E-state index in [4.69, 9.17) is 9.05 Å². The molecule has 0 aromatic heterocycles. The molecule has 1 aliphatic rings. The summed E-state index contributed by atoms with van der Waals surface area (Å²) in [4.78, 5) is 23.3. The van der Waals surface area contributed by atoms with Gasteiger partial charge in [-0.25, -0.2) is 4.57 Å². The van der Waals surface area contributed by atoms with Gasteiger partial charge in [0.15, 0.2) is 0 Å². The molecule has 1 amide bonds. The highest BCUT2D eigenvalue weighted by atomic mass is 31.2. The lowest BCUT2D eigenvalue weighted by molar-refractivity contribution is -0.220. The summed E-state index contributed by atoms with van der Waals surface area (Å²) in [7, 11) is -5.11. The van der Waals surface area contributed by atoms with E-state index < -0.39 is 75.2 Å². The molecule has 54 heavy (non-hydrogen) atoms. The quantitative estimate of drug-likeness (QED) is 0.0212. The number of nitrogens with one attached hydrogen (secondary N) is 1. The molecule has 8 unspecified atom stereocenters. The van der Waals surface area contributed by atoms with Crippen LogP contribution in [-0.2, 0) is 18.4 Å². The van der Waals surface area contributed by atoms with Crippen LogP contribution in [0.25, 0.3) is 0 Å². The molecule has 1 aliphatic carbocycles. The minimum absolute atomic E-state index is 0.241. The fraction of sp³-hybridized carbons (Fsp3) is 0.925. The van der Waals surface area contributed by atoms with Gasteiger partial charge in [0.2, 0.25) is 5.91 Å². The van der Waals surface area contributed by atoms with Crippen LogP contribution in [0, 0.1) is 0 Å². The van der Waals surface area contributed by atoms with Crippen molar-refractivity contribution in [2.75, 3.05) is 6.61 Å². The van der Waals surface area contributed by atoms with E-state index in [2.05, 4.69) is 31.3 Å². The van der Waals surface area contributed by atoms with Crippen LogP contribution in [0.15, 0.2) is 12.2 Å². The van der Waals surface area contributed by atoms with Crippen molar-refractivity contribution in [1.29, 1.82) is 0 Å². The van der Waals surface area contributed by atoms with Crippen LogP contribution >= 0.6 is 7.82 Å². The van der Waals surface area contributed by atoms with Gasteiger partial charge in [0.1, 0.15) is 36.6 Å². The van der Waals surface area contributed by atoms with Crippen molar-refractivity contribution >= 4 is 13.7 Å². The molecule has 0 bridgehead atoms. The van der Waals surface area contributed by atoms with E-state index in [1.54, 1.807) is 0 Å². The van der Waals surface area contributed by atoms with Gasteiger partial charge in [-0.05, 0) is 38.5 Å². The molecule has 9 N–H and O–H groups in total. The molecule has 1 saturated carbocycles. The summed E-state index contributed by atoms with van der Waals surface area (Å²) in [5, 5.41) is 74.3. The van der Waals surface area contributed by atoms with Crippen molar-refractivity contribution in [2.45, 2.75) is 229 Å². The van der Waals surface area contributed by atoms with Crippen molar-refractivity contribution in [3.8, 4) is 0 Å². The zero-order chi connectivity index (χ0) is 40.2. The maximum atomic E-state index is 12.9. The minimum atomic E-state index is -5.11. The number of unbranched alkanes of at least 4 members (excludes halogenated alkanes) is 19. The number of rotatable bonds is 34. The molecule has 1 rings (SSSR count). The molecule has 8 atom stereocenters. The van der Waals surface area contributed by atoms with E-state index in [1.807, 2.05) is 0 Å². The van der Waals surface area contributed by atoms with Gasteiger partial charge in [0.25, 0.3) is 0 Å². The Labute approximate surface area is 325 Å². The van der Waals surface area contributed by atoms with E-state index in [9.17, 15) is 50.0 Å². The third-order valence-corrected chi connectivity index (χ3v) is 11.4. The molecule has 14 heteroatoms. The summed E-state index contributed by atoms with van der Waals surface area (Å²) >= 11 is 0. The van der Waals surface area contributed by atoms with E-state index in [1.165, 1.54) is 83.5 Å². The number of amides is 1. The van der Waals surface area contributed by atoms with Gasteiger partial charge in [-0.3, -0.25) is 13.8 Å². The second-order valence-corrected chi connectivity index (χ2v) is 16.8. The fourth-order valence-electron chi connectivity index (χ4n) is 6.83. The van der Waals surface area contributed by atoms with Crippen LogP contribution in [0.4, 0.5) is 0 Å². The normalized spacial score (nSPS) is 24.7. The summed E-state index contributed by atoms with van der Waals surface area (Å²) in [6.07, 6.45) is 15.6. The number of carbonyl (C=O) groups excluding carboxylic acids is 1. The predicted octanol–water partition coefficient (Wildman–Crippen LogP) is 5.86. The molecule has 0 heterocycles. The lowest BCUT2D eigenvalue weighted by Crippen LogP contribution is -2.64. The van der Waals surface area contributed by atoms with Crippen molar-refractivity contribution in [2.24, 2.45) is 0 Å². The fourth-order valence-corrected chi connectivity index (χ4v) is 7.80. The van der Waals surface area contributed by atoms with Crippen LogP contribution in [0.1, 0.15) is 174 Å². The maximum Gasteiger partial charge on any atom is 0.472 e. The van der Waals surface area contributed by atoms with E-state index in [-0.39, 0.29) is 12.8 Å². The molecule has 320 valence electrons. The Hall–Kier alpha value is -0.960. The van der Waals surface area contributed by atoms with Gasteiger partial charge in [-0.15, -0.1) is 0 Å². The number of hydrogen-bond donors (Lipinski definition) is 9. The number of phosphoric ester groups is 1. The first kappa shape index (κ1) is 51.1. The first-order valence-corrected chi connectivity index (χ1v) is 22.7. The number of carbonyl (C=O) groups is 1. The van der Waals surface area contributed by atoms with Gasteiger partial charge >= 0.3 is 7.82 Å². The zero-order valence-electron chi connectivity index (χ0n) is 33.4. The Morgan fingerprint density at radius 3 is 1.56 bits per heavy atom. The highest BCUT2D eigenvalue weighted by Gasteiger charge is 2.51. The number of aliphatic hydroxyl groups is 7. The first-order valence-electron chi connectivity index (χ1n) is 21.2. The van der Waals surface area contributed by atoms with E-state index >= 15 is 0 Å². The molecule has 13 nitrogen and oxygen atoms in total. The second-order valence-electron chi connectivity index (χ2n) is 15.4. The monoisotopic (exact) mass is 796 g/mol. The molecule has 0 saturated heterocycles. The number of phosphoric acid groups is 1. The van der Waals surface area contributed by atoms with Gasteiger partial charge < -0.3 is 46.0 Å². The lowest BCUT2D eigenvalue weighted by Gasteiger charge is -2.41. The van der Waals surface area contributed by atoms with Crippen molar-refractivity contribution in [1.82, 2.24) is 5.32 Å². The minimum Gasteiger partial charge on any atom is -0.393 e. The van der Waals surface area contributed by atoms with Crippen LogP contribution in [-0.4, -0.2) is 108 Å². The average Bonchev–Trinajstić information content (AvgIpc) is 3.14. The molecular weight excluding hydrogens is 717 g/mol. The number of allylic oxidation sites excluding steroid dienone is 2. The topological polar surface area (TPSA) is 226 Å². The summed E-state index contributed by atoms with van der Waals surface area (Å²) in [5.74, 6) is -0.578. The van der Waals surface area contributed by atoms with Gasteiger partial charge in [-0.1, -0.05) is 142 Å². The van der Waals surface area contributed by atoms with Gasteiger partial charge in [-0.2, -0.15) is 0 Å². The van der Waals surface area contributed by atoms with Crippen LogP contribution in [0.3, 0.4) is 0 Å². The Kier molecular flexibility index (Phi) is 29.4. The molecule has 0 aromatic rings. The van der Waals surface area contributed by atoms with E-state index in [0.717, 1.165) is 44.9 Å². The third kappa shape index (κ3) is 23.3. The standard InChI is InChI=1S/C40H78NO12P/c1-3-5-7-9-11-13-15-16-18-20-22-24-26-28-33(43)32(30-52-54(50,51)53-40-38(48)36(46)35(45)37(47)39(40)49)41-34(44)29-31(42)27-25-23-21-19-17-14-12-10-8-6-4-2/h19,21,31-33,35-40,42-43,45-49H,3-18,20,22-30H2,1-2H3,(H,41,44)(H,50,51)/b21-19-. The Morgan fingerprint density at radius 2 is 1.06 bits per heavy atom. The first-order chi connectivity index (χ1) is 25.8. The maximum absolute atomic E-state index is 12.9. The second kappa shape index (κ2) is 31.1. The summed E-state index contributed by atoms with van der Waals surface area (Å²) in [5.41, 5.74) is 0. The molecule has 0 radical (unpaired) electrons. The third-order valence-electron chi connectivity index (χ3n) is 10.4. The average molecular weight is 796 g/mol. The van der Waals surface area contributed by atoms with Crippen LogP contribution < -0.4 is 5.32 Å². The number of aliphatic hydroxyl groups excluding tert-OH is 7. The Balaban J connectivity index is 2.61. The highest BCUT2D eigenvalue weighted by Crippen LogP contribution is 2.47.